The average Bonchev–Trinajstić information content (AvgIpc) is 2.72. The number of aliphatic hydroxyl groups excluding tert-OH is 1. The number of hydrogen-bond acceptors (Lipinski definition) is 5. The molecular weight excluding hydrogens is 400 g/mol. The maximum atomic E-state index is 13.3. The van der Waals surface area contributed by atoms with Crippen LogP contribution in [0.4, 0.5) is 11.5 Å². The minimum Gasteiger partial charge on any atom is -0.395 e. The minimum absolute atomic E-state index is 0.124. The molecule has 2 aromatic rings. The lowest BCUT2D eigenvalue weighted by molar-refractivity contribution is -0.124. The minimum atomic E-state index is 0.124. The van der Waals surface area contributed by atoms with Gasteiger partial charge in [-0.15, -0.1) is 0 Å². The maximum Gasteiger partial charge on any atom is 0.225 e. The van der Waals surface area contributed by atoms with Gasteiger partial charge in [0.05, 0.1) is 17.8 Å². The highest BCUT2D eigenvalue weighted by molar-refractivity contribution is 5.97. The summed E-state index contributed by atoms with van der Waals surface area (Å²) in [6.07, 6.45) is 8.54. The zero-order valence-corrected chi connectivity index (χ0v) is 19.1. The van der Waals surface area contributed by atoms with Crippen molar-refractivity contribution in [2.45, 2.75) is 51.9 Å². The number of carbonyl (C=O) groups is 1. The van der Waals surface area contributed by atoms with Crippen LogP contribution in [-0.4, -0.2) is 42.2 Å². The second-order valence-electron chi connectivity index (χ2n) is 10.6. The number of aliphatic hydroxyl groups is 1. The van der Waals surface area contributed by atoms with Crippen molar-refractivity contribution in [3.8, 4) is 0 Å². The Balaban J connectivity index is 1.32. The highest BCUT2D eigenvalue weighted by Crippen LogP contribution is 2.61. The molecule has 0 radical (unpaired) electrons. The fraction of sp³-hybridized carbons (Fsp3) is 0.615. The first kappa shape index (κ1) is 21.7. The molecule has 0 atom stereocenters. The molecule has 4 saturated carbocycles. The Hall–Kier alpha value is -2.18. The Bertz CT molecular complexity index is 954. The van der Waals surface area contributed by atoms with E-state index in [-0.39, 0.29) is 17.9 Å². The van der Waals surface area contributed by atoms with Crippen LogP contribution < -0.4 is 16.0 Å². The lowest BCUT2D eigenvalue weighted by atomic mass is 9.49. The van der Waals surface area contributed by atoms with Crippen molar-refractivity contribution < 1.29 is 9.90 Å². The molecule has 6 nitrogen and oxygen atoms in total. The molecule has 4 aliphatic rings. The fourth-order valence-corrected chi connectivity index (χ4v) is 7.04. The molecule has 1 heterocycles. The van der Waals surface area contributed by atoms with Gasteiger partial charge < -0.3 is 21.1 Å². The Kier molecular flexibility index (Phi) is 6.08. The zero-order chi connectivity index (χ0) is 22.1. The van der Waals surface area contributed by atoms with Gasteiger partial charge in [-0.1, -0.05) is 11.6 Å². The number of anilines is 2. The first-order chi connectivity index (χ1) is 15.5. The first-order valence-corrected chi connectivity index (χ1v) is 12.3. The number of nitrogens with zero attached hydrogens (tertiary/aromatic N) is 1. The molecule has 4 fully saturated rings. The van der Waals surface area contributed by atoms with Crippen molar-refractivity contribution in [3.05, 3.63) is 29.8 Å². The molecule has 4 aliphatic carbocycles. The van der Waals surface area contributed by atoms with Gasteiger partial charge in [-0.2, -0.15) is 0 Å². The molecule has 1 aromatic carbocycles. The normalized spacial score (nSPS) is 28.2. The van der Waals surface area contributed by atoms with Gasteiger partial charge >= 0.3 is 0 Å². The van der Waals surface area contributed by atoms with Gasteiger partial charge in [-0.25, -0.2) is 4.98 Å². The second kappa shape index (κ2) is 8.99. The van der Waals surface area contributed by atoms with E-state index in [0.29, 0.717) is 25.3 Å². The molecule has 6 heteroatoms. The Morgan fingerprint density at radius 2 is 1.78 bits per heavy atom. The van der Waals surface area contributed by atoms with E-state index in [4.69, 9.17) is 10.1 Å². The molecule has 0 spiro atoms. The SMILES string of the molecule is Cc1ccc2nc(NCCNCCO)c(NC(=O)CC34CC5CC(CC(C5)C3)C4)cc2c1. The van der Waals surface area contributed by atoms with Crippen LogP contribution >= 0.6 is 0 Å². The van der Waals surface area contributed by atoms with Gasteiger partial charge in [0.1, 0.15) is 0 Å². The Labute approximate surface area is 190 Å². The molecule has 1 amide bonds. The third kappa shape index (κ3) is 4.62. The highest BCUT2D eigenvalue weighted by atomic mass is 16.3. The molecule has 4 N–H and O–H groups in total. The van der Waals surface area contributed by atoms with Crippen LogP contribution in [0.1, 0.15) is 50.5 Å². The molecule has 0 saturated heterocycles. The van der Waals surface area contributed by atoms with E-state index in [1.54, 1.807) is 0 Å². The van der Waals surface area contributed by atoms with E-state index in [0.717, 1.165) is 40.9 Å². The molecule has 4 bridgehead atoms. The zero-order valence-electron chi connectivity index (χ0n) is 19.1. The van der Waals surface area contributed by atoms with Crippen molar-refractivity contribution in [1.82, 2.24) is 10.3 Å². The number of pyridine rings is 1. The van der Waals surface area contributed by atoms with Crippen LogP contribution in [-0.2, 0) is 4.79 Å². The molecule has 0 aliphatic heterocycles. The molecule has 1 aromatic heterocycles. The monoisotopic (exact) mass is 436 g/mol. The quantitative estimate of drug-likeness (QED) is 0.445. The first-order valence-electron chi connectivity index (χ1n) is 12.3. The van der Waals surface area contributed by atoms with Crippen LogP contribution in [0.2, 0.25) is 0 Å². The van der Waals surface area contributed by atoms with E-state index in [1.807, 2.05) is 6.07 Å². The van der Waals surface area contributed by atoms with Gasteiger partial charge in [0.25, 0.3) is 0 Å². The molecule has 6 rings (SSSR count). The summed E-state index contributed by atoms with van der Waals surface area (Å²) in [5, 5.41) is 19.7. The molecule has 32 heavy (non-hydrogen) atoms. The fourth-order valence-electron chi connectivity index (χ4n) is 7.04. The Morgan fingerprint density at radius 1 is 1.06 bits per heavy atom. The second-order valence-corrected chi connectivity index (χ2v) is 10.6. The van der Waals surface area contributed by atoms with Crippen LogP contribution in [0.15, 0.2) is 24.3 Å². The number of rotatable bonds is 9. The number of aryl methyl sites for hydroxylation is 1. The van der Waals surface area contributed by atoms with Crippen molar-refractivity contribution in [2.24, 2.45) is 23.2 Å². The molecule has 172 valence electrons. The van der Waals surface area contributed by atoms with Crippen LogP contribution in [0.3, 0.4) is 0 Å². The summed E-state index contributed by atoms with van der Waals surface area (Å²) >= 11 is 0. The van der Waals surface area contributed by atoms with Crippen molar-refractivity contribution in [3.63, 3.8) is 0 Å². The summed E-state index contributed by atoms with van der Waals surface area (Å²) in [5.74, 6) is 3.39. The highest BCUT2D eigenvalue weighted by Gasteiger charge is 2.51. The summed E-state index contributed by atoms with van der Waals surface area (Å²) in [7, 11) is 0. The third-order valence-electron chi connectivity index (χ3n) is 7.83. The average molecular weight is 437 g/mol. The number of carbonyl (C=O) groups excluding carboxylic acids is 1. The Morgan fingerprint density at radius 3 is 2.47 bits per heavy atom. The lowest BCUT2D eigenvalue weighted by Gasteiger charge is -2.56. The van der Waals surface area contributed by atoms with Crippen LogP contribution in [0.25, 0.3) is 10.9 Å². The number of benzene rings is 1. The summed E-state index contributed by atoms with van der Waals surface area (Å²) in [4.78, 5) is 18.1. The van der Waals surface area contributed by atoms with E-state index in [2.05, 4.69) is 41.1 Å². The van der Waals surface area contributed by atoms with E-state index >= 15 is 0 Å². The number of nitrogens with one attached hydrogen (secondary N) is 3. The van der Waals surface area contributed by atoms with Gasteiger partial charge in [-0.05, 0) is 86.8 Å². The van der Waals surface area contributed by atoms with Crippen molar-refractivity contribution in [1.29, 1.82) is 0 Å². The molecule has 0 unspecified atom stereocenters. The lowest BCUT2D eigenvalue weighted by Crippen LogP contribution is -2.47. The van der Waals surface area contributed by atoms with Gasteiger partial charge in [-0.3, -0.25) is 4.79 Å². The van der Waals surface area contributed by atoms with Gasteiger partial charge in [0.15, 0.2) is 5.82 Å². The summed E-state index contributed by atoms with van der Waals surface area (Å²) in [6, 6.07) is 8.26. The smallest absolute Gasteiger partial charge is 0.225 e. The van der Waals surface area contributed by atoms with E-state index in [9.17, 15) is 4.79 Å². The summed E-state index contributed by atoms with van der Waals surface area (Å²) in [5.41, 5.74) is 3.08. The van der Waals surface area contributed by atoms with E-state index in [1.165, 1.54) is 44.1 Å². The third-order valence-corrected chi connectivity index (χ3v) is 7.83. The summed E-state index contributed by atoms with van der Waals surface area (Å²) < 4.78 is 0. The van der Waals surface area contributed by atoms with Gasteiger partial charge in [0.2, 0.25) is 5.91 Å². The van der Waals surface area contributed by atoms with Crippen molar-refractivity contribution in [2.75, 3.05) is 36.9 Å². The standard InChI is InChI=1S/C26H36N4O2/c1-17-2-3-22-21(8-17)12-23(25(30-22)28-5-4-27-6-7-31)29-24(32)16-26-13-18-9-19(14-26)11-20(10-18)15-26/h2-3,8,12,18-20,27,31H,4-7,9-11,13-16H2,1H3,(H,28,30)(H,29,32). The largest absolute Gasteiger partial charge is 0.395 e. The van der Waals surface area contributed by atoms with Crippen molar-refractivity contribution >= 4 is 28.3 Å². The summed E-state index contributed by atoms with van der Waals surface area (Å²) in [6.45, 7) is 4.15. The topological polar surface area (TPSA) is 86.3 Å². The van der Waals surface area contributed by atoms with Gasteiger partial charge in [0, 0.05) is 31.4 Å². The van der Waals surface area contributed by atoms with E-state index < -0.39 is 0 Å². The molecular formula is C26H36N4O2. The predicted octanol–water partition coefficient (Wildman–Crippen LogP) is 4.08. The maximum absolute atomic E-state index is 13.3. The predicted molar refractivity (Wildman–Crippen MR) is 129 cm³/mol. The number of aromatic nitrogens is 1. The number of hydrogen-bond donors (Lipinski definition) is 4. The van der Waals surface area contributed by atoms with Crippen LogP contribution in [0.5, 0.6) is 0 Å². The number of fused-ring (bicyclic) bond motifs is 1. The van der Waals surface area contributed by atoms with Crippen LogP contribution in [0, 0.1) is 30.1 Å². The number of amides is 1.